The molecule has 0 amide bonds. The summed E-state index contributed by atoms with van der Waals surface area (Å²) in [5, 5.41) is 18.1. The zero-order valence-electron chi connectivity index (χ0n) is 16.1. The number of carbonyl (C=O) groups excluding carboxylic acids is 1. The van der Waals surface area contributed by atoms with E-state index in [9.17, 15) is 9.90 Å². The molecule has 2 N–H and O–H groups in total. The normalized spacial score (nSPS) is 12.5. The van der Waals surface area contributed by atoms with Gasteiger partial charge >= 0.3 is 0 Å². The Bertz CT molecular complexity index is 266. The molecule has 3 heteroatoms. The number of carbonyl (C=O) groups is 1. The molecule has 0 aliphatic carbocycles. The van der Waals surface area contributed by atoms with Crippen molar-refractivity contribution in [1.29, 1.82) is 0 Å². The highest BCUT2D eigenvalue weighted by Gasteiger charge is 2.13. The van der Waals surface area contributed by atoms with Crippen LogP contribution in [0.3, 0.4) is 0 Å². The van der Waals surface area contributed by atoms with Crippen molar-refractivity contribution >= 4 is 5.78 Å². The number of aliphatic hydroxyl groups excluding tert-OH is 2. The first-order valence-electron chi connectivity index (χ1n) is 10.5. The summed E-state index contributed by atoms with van der Waals surface area (Å²) in [6.45, 7) is 2.15. The van der Waals surface area contributed by atoms with Crippen molar-refractivity contribution in [2.75, 3.05) is 6.61 Å². The number of Topliss-reactive ketones (excluding diaryl/α,β-unsaturated/α-hetero) is 1. The van der Waals surface area contributed by atoms with Crippen LogP contribution in [0.4, 0.5) is 0 Å². The first kappa shape index (κ1) is 23.6. The lowest BCUT2D eigenvalue weighted by Crippen LogP contribution is -2.21. The van der Waals surface area contributed by atoms with Crippen LogP contribution in [0.1, 0.15) is 116 Å². The molecule has 24 heavy (non-hydrogen) atoms. The smallest absolute Gasteiger partial charge is 0.161 e. The van der Waals surface area contributed by atoms with Crippen LogP contribution < -0.4 is 0 Å². The van der Waals surface area contributed by atoms with Gasteiger partial charge in [-0.2, -0.15) is 0 Å². The highest BCUT2D eigenvalue weighted by molar-refractivity contribution is 5.82. The molecule has 0 rings (SSSR count). The Labute approximate surface area is 150 Å². The molecule has 1 unspecified atom stereocenters. The minimum absolute atomic E-state index is 0.112. The number of rotatable bonds is 19. The van der Waals surface area contributed by atoms with Gasteiger partial charge in [0, 0.05) is 19.4 Å². The van der Waals surface area contributed by atoms with Gasteiger partial charge in [0.2, 0.25) is 0 Å². The fourth-order valence-electron chi connectivity index (χ4n) is 3.12. The molecule has 1 atom stereocenters. The average Bonchev–Trinajstić information content (AvgIpc) is 2.58. The predicted octanol–water partition coefficient (Wildman–Crippen LogP) is 5.56. The van der Waals surface area contributed by atoms with Gasteiger partial charge in [-0.3, -0.25) is 4.79 Å². The van der Waals surface area contributed by atoms with E-state index in [1.807, 2.05) is 0 Å². The quantitative estimate of drug-likeness (QED) is 0.302. The SMILES string of the molecule is CCCCCCCCCCCCCCCCCC(=O)C(O)CCO. The van der Waals surface area contributed by atoms with Crippen molar-refractivity contribution in [3.05, 3.63) is 0 Å². The van der Waals surface area contributed by atoms with Gasteiger partial charge in [-0.1, -0.05) is 96.8 Å². The van der Waals surface area contributed by atoms with E-state index >= 15 is 0 Å². The average molecular weight is 343 g/mol. The minimum Gasteiger partial charge on any atom is -0.396 e. The first-order valence-corrected chi connectivity index (χ1v) is 10.5. The van der Waals surface area contributed by atoms with Crippen LogP contribution in [0.15, 0.2) is 0 Å². The van der Waals surface area contributed by atoms with Crippen LogP contribution in [0, 0.1) is 0 Å². The molecular formula is C21H42O3. The topological polar surface area (TPSA) is 57.5 Å². The van der Waals surface area contributed by atoms with Gasteiger partial charge in [0.25, 0.3) is 0 Å². The summed E-state index contributed by atoms with van der Waals surface area (Å²) < 4.78 is 0. The Kier molecular flexibility index (Phi) is 18.6. The van der Waals surface area contributed by atoms with Crippen molar-refractivity contribution in [3.63, 3.8) is 0 Å². The Morgan fingerprint density at radius 1 is 0.708 bits per heavy atom. The summed E-state index contributed by atoms with van der Waals surface area (Å²) >= 11 is 0. The lowest BCUT2D eigenvalue weighted by Gasteiger charge is -2.07. The van der Waals surface area contributed by atoms with Crippen LogP contribution in [0.25, 0.3) is 0 Å². The zero-order chi connectivity index (χ0) is 17.9. The van der Waals surface area contributed by atoms with Crippen LogP contribution >= 0.6 is 0 Å². The van der Waals surface area contributed by atoms with E-state index in [1.165, 1.54) is 83.5 Å². The van der Waals surface area contributed by atoms with Gasteiger partial charge in [0.15, 0.2) is 5.78 Å². The molecule has 3 nitrogen and oxygen atoms in total. The van der Waals surface area contributed by atoms with Crippen molar-refractivity contribution in [2.45, 2.75) is 122 Å². The Morgan fingerprint density at radius 2 is 1.08 bits per heavy atom. The second kappa shape index (κ2) is 18.9. The Hall–Kier alpha value is -0.410. The van der Waals surface area contributed by atoms with E-state index in [-0.39, 0.29) is 18.8 Å². The standard InChI is InChI=1S/C21H42O3/c1-2-3-4-5-6-7-8-9-10-11-12-13-14-15-16-17-20(23)21(24)18-19-22/h21-22,24H,2-19H2,1H3. The fraction of sp³-hybridized carbons (Fsp3) is 0.952. The van der Waals surface area contributed by atoms with Gasteiger partial charge in [-0.15, -0.1) is 0 Å². The summed E-state index contributed by atoms with van der Waals surface area (Å²) in [5.74, 6) is -0.112. The number of hydrogen-bond acceptors (Lipinski definition) is 3. The largest absolute Gasteiger partial charge is 0.396 e. The number of unbranched alkanes of at least 4 members (excludes halogenated alkanes) is 14. The van der Waals surface area contributed by atoms with E-state index in [1.54, 1.807) is 0 Å². The number of ketones is 1. The van der Waals surface area contributed by atoms with E-state index < -0.39 is 6.10 Å². The van der Waals surface area contributed by atoms with Crippen molar-refractivity contribution in [3.8, 4) is 0 Å². The molecule has 0 fully saturated rings. The van der Waals surface area contributed by atoms with Gasteiger partial charge in [-0.25, -0.2) is 0 Å². The van der Waals surface area contributed by atoms with Crippen LogP contribution in [-0.4, -0.2) is 28.7 Å². The van der Waals surface area contributed by atoms with E-state index in [0.29, 0.717) is 6.42 Å². The molecule has 144 valence electrons. The summed E-state index contributed by atoms with van der Waals surface area (Å²) in [6.07, 6.45) is 19.4. The maximum atomic E-state index is 11.5. The van der Waals surface area contributed by atoms with E-state index in [4.69, 9.17) is 5.11 Å². The van der Waals surface area contributed by atoms with Crippen molar-refractivity contribution in [2.24, 2.45) is 0 Å². The highest BCUT2D eigenvalue weighted by Crippen LogP contribution is 2.14. The monoisotopic (exact) mass is 342 g/mol. The molecule has 0 aliphatic rings. The first-order chi connectivity index (χ1) is 11.7. The maximum Gasteiger partial charge on any atom is 0.161 e. The lowest BCUT2D eigenvalue weighted by molar-refractivity contribution is -0.127. The minimum atomic E-state index is -0.957. The lowest BCUT2D eigenvalue weighted by atomic mass is 10.0. The number of aliphatic hydroxyl groups is 2. The molecule has 0 aliphatic heterocycles. The molecule has 0 saturated heterocycles. The zero-order valence-corrected chi connectivity index (χ0v) is 16.1. The summed E-state index contributed by atoms with van der Waals surface area (Å²) in [7, 11) is 0. The van der Waals surface area contributed by atoms with Gasteiger partial charge < -0.3 is 10.2 Å². The number of hydrogen-bond donors (Lipinski definition) is 2. The van der Waals surface area contributed by atoms with Crippen molar-refractivity contribution < 1.29 is 15.0 Å². The molecule has 0 bridgehead atoms. The second-order valence-electron chi connectivity index (χ2n) is 7.19. The Morgan fingerprint density at radius 3 is 1.46 bits per heavy atom. The van der Waals surface area contributed by atoms with Crippen LogP contribution in [-0.2, 0) is 4.79 Å². The molecular weight excluding hydrogens is 300 g/mol. The van der Waals surface area contributed by atoms with Gasteiger partial charge in [0.05, 0.1) is 0 Å². The molecule has 0 aromatic rings. The summed E-state index contributed by atoms with van der Waals surface area (Å²) in [6, 6.07) is 0. The van der Waals surface area contributed by atoms with Crippen molar-refractivity contribution in [1.82, 2.24) is 0 Å². The predicted molar refractivity (Wildman–Crippen MR) is 102 cm³/mol. The summed E-state index contributed by atoms with van der Waals surface area (Å²) in [5.41, 5.74) is 0. The molecule has 0 radical (unpaired) electrons. The molecule has 0 aromatic carbocycles. The van der Waals surface area contributed by atoms with Gasteiger partial charge in [0.1, 0.15) is 6.10 Å². The second-order valence-corrected chi connectivity index (χ2v) is 7.19. The summed E-state index contributed by atoms with van der Waals surface area (Å²) in [4.78, 5) is 11.5. The third-order valence-electron chi connectivity index (χ3n) is 4.80. The fourth-order valence-corrected chi connectivity index (χ4v) is 3.12. The van der Waals surface area contributed by atoms with E-state index in [2.05, 4.69) is 6.92 Å². The van der Waals surface area contributed by atoms with Crippen LogP contribution in [0.5, 0.6) is 0 Å². The van der Waals surface area contributed by atoms with Gasteiger partial charge in [-0.05, 0) is 6.42 Å². The third-order valence-corrected chi connectivity index (χ3v) is 4.80. The molecule has 0 spiro atoms. The third kappa shape index (κ3) is 16.4. The maximum absolute atomic E-state index is 11.5. The molecule has 0 heterocycles. The molecule has 0 aromatic heterocycles. The van der Waals surface area contributed by atoms with E-state index in [0.717, 1.165) is 12.8 Å². The highest BCUT2D eigenvalue weighted by atomic mass is 16.3. The molecule has 0 saturated carbocycles. The van der Waals surface area contributed by atoms with Crippen LogP contribution in [0.2, 0.25) is 0 Å². The Balaban J connectivity index is 3.14.